The molecular formula is C29H37FO5. The van der Waals surface area contributed by atoms with Crippen LogP contribution in [0.3, 0.4) is 0 Å². The van der Waals surface area contributed by atoms with Crippen LogP contribution in [0, 0.1) is 23.6 Å². The molecule has 2 fully saturated rings. The summed E-state index contributed by atoms with van der Waals surface area (Å²) in [5.74, 6) is 2.14. The summed E-state index contributed by atoms with van der Waals surface area (Å²) < 4.78 is 37.4. The normalized spacial score (nSPS) is 23.9. The van der Waals surface area contributed by atoms with E-state index in [-0.39, 0.29) is 17.7 Å². The molecule has 2 atom stereocenters. The lowest BCUT2D eigenvalue weighted by molar-refractivity contribution is -0.113. The van der Waals surface area contributed by atoms with E-state index in [2.05, 4.69) is 12.1 Å². The maximum Gasteiger partial charge on any atom is 0.129 e. The Labute approximate surface area is 207 Å². The lowest BCUT2D eigenvalue weighted by Crippen LogP contribution is -2.36. The number of halogens is 1. The Morgan fingerprint density at radius 1 is 1.03 bits per heavy atom. The molecule has 2 aliphatic rings. The van der Waals surface area contributed by atoms with Gasteiger partial charge in [-0.15, -0.1) is 0 Å². The fourth-order valence-electron chi connectivity index (χ4n) is 5.64. The second-order valence-corrected chi connectivity index (χ2v) is 9.99. The first-order valence-electron chi connectivity index (χ1n) is 12.6. The quantitative estimate of drug-likeness (QED) is 0.351. The molecule has 0 bridgehead atoms. The number of ether oxygens (including phenoxy) is 4. The third-order valence-corrected chi connectivity index (χ3v) is 7.82. The Kier molecular flexibility index (Phi) is 8.45. The topological polar surface area (TPSA) is 54.0 Å². The van der Waals surface area contributed by atoms with Gasteiger partial charge in [-0.25, -0.2) is 4.39 Å². The molecule has 190 valence electrons. The molecule has 5 nitrogen and oxygen atoms in total. The average Bonchev–Trinajstić information content (AvgIpc) is 3.73. The van der Waals surface area contributed by atoms with Gasteiger partial charge in [0.1, 0.15) is 23.6 Å². The van der Waals surface area contributed by atoms with Crippen molar-refractivity contribution in [1.82, 2.24) is 0 Å². The van der Waals surface area contributed by atoms with Crippen LogP contribution >= 0.6 is 0 Å². The number of aldehydes is 1. The standard InChI is InChI=1S/C29H37FO5/c1-32-19-23(17-31)28(21-7-8-21)22-5-4-6-25(15-22)35-18-20-11-13-29(34-3,14-12-20)26-16-24(33-2)9-10-27(26)30/h4-6,9-10,15-17,20-21,23,28H,7-8,11-14,18-19H2,1-3H3/t20?,23?,28-,29?/m0/s1. The summed E-state index contributed by atoms with van der Waals surface area (Å²) in [6.07, 6.45) is 6.57. The van der Waals surface area contributed by atoms with E-state index in [9.17, 15) is 9.18 Å². The number of carbonyl (C=O) groups excluding carboxylic acids is 1. The number of benzene rings is 2. The Morgan fingerprint density at radius 3 is 2.43 bits per heavy atom. The van der Waals surface area contributed by atoms with Crippen LogP contribution in [0.5, 0.6) is 11.5 Å². The number of carbonyl (C=O) groups is 1. The first-order valence-corrected chi connectivity index (χ1v) is 12.6. The molecule has 0 radical (unpaired) electrons. The van der Waals surface area contributed by atoms with Crippen molar-refractivity contribution in [3.05, 3.63) is 59.4 Å². The molecule has 0 spiro atoms. The van der Waals surface area contributed by atoms with E-state index in [0.717, 1.165) is 56.1 Å². The molecule has 0 aliphatic heterocycles. The minimum absolute atomic E-state index is 0.139. The van der Waals surface area contributed by atoms with Crippen LogP contribution in [-0.4, -0.2) is 40.8 Å². The van der Waals surface area contributed by atoms with Gasteiger partial charge in [-0.05, 0) is 92.2 Å². The van der Waals surface area contributed by atoms with Gasteiger partial charge in [-0.1, -0.05) is 12.1 Å². The van der Waals surface area contributed by atoms with Crippen LogP contribution in [0.1, 0.15) is 55.6 Å². The molecule has 6 heteroatoms. The molecule has 2 aromatic rings. The highest BCUT2D eigenvalue weighted by molar-refractivity contribution is 5.57. The third kappa shape index (κ3) is 5.87. The zero-order valence-electron chi connectivity index (χ0n) is 21.0. The first-order chi connectivity index (χ1) is 17.0. The summed E-state index contributed by atoms with van der Waals surface area (Å²) in [5.41, 5.74) is 1.07. The van der Waals surface area contributed by atoms with E-state index >= 15 is 0 Å². The molecule has 2 saturated carbocycles. The van der Waals surface area contributed by atoms with Gasteiger partial charge in [-0.3, -0.25) is 0 Å². The monoisotopic (exact) mass is 484 g/mol. The van der Waals surface area contributed by atoms with Gasteiger partial charge in [0.05, 0.1) is 25.9 Å². The van der Waals surface area contributed by atoms with Gasteiger partial charge in [0, 0.05) is 25.7 Å². The minimum Gasteiger partial charge on any atom is -0.497 e. The molecule has 0 amide bonds. The highest BCUT2D eigenvalue weighted by Gasteiger charge is 2.40. The van der Waals surface area contributed by atoms with Gasteiger partial charge in [-0.2, -0.15) is 0 Å². The smallest absolute Gasteiger partial charge is 0.129 e. The van der Waals surface area contributed by atoms with Crippen LogP contribution in [0.15, 0.2) is 42.5 Å². The van der Waals surface area contributed by atoms with E-state index in [0.29, 0.717) is 36.4 Å². The summed E-state index contributed by atoms with van der Waals surface area (Å²) in [5, 5.41) is 0. The van der Waals surface area contributed by atoms with Crippen molar-refractivity contribution >= 4 is 6.29 Å². The van der Waals surface area contributed by atoms with Crippen LogP contribution in [0.4, 0.5) is 4.39 Å². The van der Waals surface area contributed by atoms with E-state index < -0.39 is 5.60 Å². The fourth-order valence-corrected chi connectivity index (χ4v) is 5.64. The van der Waals surface area contributed by atoms with Crippen molar-refractivity contribution in [2.75, 3.05) is 34.5 Å². The molecule has 0 heterocycles. The zero-order valence-corrected chi connectivity index (χ0v) is 21.0. The van der Waals surface area contributed by atoms with Crippen molar-refractivity contribution in [2.45, 2.75) is 50.0 Å². The molecule has 0 aromatic heterocycles. The number of hydrogen-bond donors (Lipinski definition) is 0. The van der Waals surface area contributed by atoms with E-state index in [4.69, 9.17) is 18.9 Å². The van der Waals surface area contributed by atoms with Crippen LogP contribution in [0.2, 0.25) is 0 Å². The Balaban J connectivity index is 1.39. The molecule has 2 aromatic carbocycles. The van der Waals surface area contributed by atoms with Gasteiger partial charge in [0.25, 0.3) is 0 Å². The van der Waals surface area contributed by atoms with Gasteiger partial charge >= 0.3 is 0 Å². The summed E-state index contributed by atoms with van der Waals surface area (Å²) in [6.45, 7) is 1.04. The molecule has 4 rings (SSSR count). The van der Waals surface area contributed by atoms with Crippen molar-refractivity contribution < 1.29 is 28.1 Å². The maximum absolute atomic E-state index is 14.7. The number of methoxy groups -OCH3 is 3. The maximum atomic E-state index is 14.7. The lowest BCUT2D eigenvalue weighted by atomic mass is 9.75. The largest absolute Gasteiger partial charge is 0.497 e. The van der Waals surface area contributed by atoms with Crippen molar-refractivity contribution in [1.29, 1.82) is 0 Å². The summed E-state index contributed by atoms with van der Waals surface area (Å²) in [7, 11) is 4.89. The predicted octanol–water partition coefficient (Wildman–Crippen LogP) is 5.90. The second kappa shape index (κ2) is 11.5. The summed E-state index contributed by atoms with van der Waals surface area (Å²) >= 11 is 0. The number of rotatable bonds is 12. The SMILES string of the molecule is COCC(C=O)[C@H](c1cccc(OCC2CCC(OC)(c3cc(OC)ccc3F)CC2)c1)C1CC1. The van der Waals surface area contributed by atoms with Crippen molar-refractivity contribution in [3.63, 3.8) is 0 Å². The van der Waals surface area contributed by atoms with E-state index in [1.165, 1.54) is 6.07 Å². The third-order valence-electron chi connectivity index (χ3n) is 7.82. The van der Waals surface area contributed by atoms with Crippen LogP contribution in [-0.2, 0) is 19.9 Å². The summed E-state index contributed by atoms with van der Waals surface area (Å²) in [6, 6.07) is 13.0. The molecule has 0 saturated heterocycles. The average molecular weight is 485 g/mol. The molecular weight excluding hydrogens is 447 g/mol. The fraction of sp³-hybridized carbons (Fsp3) is 0.552. The van der Waals surface area contributed by atoms with Gasteiger partial charge in [0.2, 0.25) is 0 Å². The van der Waals surface area contributed by atoms with Gasteiger partial charge < -0.3 is 23.7 Å². The lowest BCUT2D eigenvalue weighted by Gasteiger charge is -2.39. The first kappa shape index (κ1) is 25.6. The highest BCUT2D eigenvalue weighted by Crippen LogP contribution is 2.47. The Hall–Kier alpha value is -2.44. The van der Waals surface area contributed by atoms with E-state index in [1.54, 1.807) is 33.5 Å². The van der Waals surface area contributed by atoms with E-state index in [1.807, 2.05) is 12.1 Å². The Morgan fingerprint density at radius 2 is 1.80 bits per heavy atom. The van der Waals surface area contributed by atoms with Crippen molar-refractivity contribution in [2.24, 2.45) is 17.8 Å². The predicted molar refractivity (Wildman–Crippen MR) is 132 cm³/mol. The van der Waals surface area contributed by atoms with Crippen molar-refractivity contribution in [3.8, 4) is 11.5 Å². The highest BCUT2D eigenvalue weighted by atomic mass is 19.1. The second-order valence-electron chi connectivity index (χ2n) is 9.99. The molecule has 0 N–H and O–H groups in total. The number of hydrogen-bond acceptors (Lipinski definition) is 5. The molecule has 2 aliphatic carbocycles. The summed E-state index contributed by atoms with van der Waals surface area (Å²) in [4.78, 5) is 11.7. The molecule has 35 heavy (non-hydrogen) atoms. The zero-order chi connectivity index (χ0) is 24.8. The molecule has 1 unspecified atom stereocenters. The van der Waals surface area contributed by atoms with Crippen LogP contribution < -0.4 is 9.47 Å². The van der Waals surface area contributed by atoms with Gasteiger partial charge in [0.15, 0.2) is 0 Å². The minimum atomic E-state index is -0.641. The Bertz CT molecular complexity index is 981. The van der Waals surface area contributed by atoms with Crippen LogP contribution in [0.25, 0.3) is 0 Å².